The maximum absolute atomic E-state index is 4.72. The molecule has 717 valence electrons. The van der Waals surface area contributed by atoms with Gasteiger partial charge in [-0.2, -0.15) is 82.2 Å². The third-order valence-corrected chi connectivity index (χ3v) is 28.4. The third kappa shape index (κ3) is 21.8. The first-order chi connectivity index (χ1) is 66.1. The Kier molecular flexibility index (Phi) is 34.4. The minimum absolute atomic E-state index is 0. The summed E-state index contributed by atoms with van der Waals surface area (Å²) in [7, 11) is 0. The smallest absolute Gasteiger partial charge is 0.127 e. The van der Waals surface area contributed by atoms with Crippen molar-refractivity contribution in [1.82, 2.24) is 98.7 Å². The first-order valence-corrected chi connectivity index (χ1v) is 48.8. The number of rotatable bonds is 15. The predicted octanol–water partition coefficient (Wildman–Crippen LogP) is 27.7. The van der Waals surface area contributed by atoms with Crippen LogP contribution in [0.4, 0.5) is 0 Å². The molecule has 13 aromatic carbocycles. The molecule has 0 saturated carbocycles. The number of fused-ring (bicyclic) bond motifs is 5. The molecule has 10 heterocycles. The molecule has 0 atom stereocenters. The number of aromatic nitrogens is 20. The van der Waals surface area contributed by atoms with Gasteiger partial charge in [0.2, 0.25) is 0 Å². The minimum atomic E-state index is 0. The van der Waals surface area contributed by atoms with E-state index in [1.807, 2.05) is 137 Å². The van der Waals surface area contributed by atoms with Crippen LogP contribution in [0.3, 0.4) is 0 Å². The van der Waals surface area contributed by atoms with Crippen LogP contribution in [0.15, 0.2) is 262 Å². The van der Waals surface area contributed by atoms with Gasteiger partial charge in [0.1, 0.15) is 31.6 Å². The van der Waals surface area contributed by atoms with E-state index in [2.05, 4.69) is 323 Å². The van der Waals surface area contributed by atoms with Crippen LogP contribution < -0.4 is 0 Å². The molecule has 23 rings (SSSR count). The van der Waals surface area contributed by atoms with Crippen molar-refractivity contribution in [2.45, 2.75) is 123 Å². The Morgan fingerprint density at radius 3 is 0.780 bits per heavy atom. The second-order valence-corrected chi connectivity index (χ2v) is 39.8. The van der Waals surface area contributed by atoms with Gasteiger partial charge >= 0.3 is 0 Å². The van der Waals surface area contributed by atoms with Crippen molar-refractivity contribution >= 4 is 108 Å². The molecule has 20 nitrogen and oxygen atoms in total. The van der Waals surface area contributed by atoms with E-state index < -0.39 is 0 Å². The van der Waals surface area contributed by atoms with Gasteiger partial charge in [-0.05, 0) is 225 Å². The zero-order chi connectivity index (χ0) is 94.1. The number of para-hydroxylation sites is 3. The molecule has 0 N–H and O–H groups in total. The van der Waals surface area contributed by atoms with Gasteiger partial charge < -0.3 is 0 Å². The molecule has 0 aliphatic heterocycles. The molecule has 0 spiro atoms. The summed E-state index contributed by atoms with van der Waals surface area (Å²) >= 11 is 8.34. The summed E-state index contributed by atoms with van der Waals surface area (Å²) in [6.07, 6.45) is 8.07. The van der Waals surface area contributed by atoms with Crippen LogP contribution in [0, 0.1) is 113 Å². The summed E-state index contributed by atoms with van der Waals surface area (Å²) in [6.45, 7) is 33.8. The summed E-state index contributed by atoms with van der Waals surface area (Å²) in [4.78, 5) is 45.9. The Labute approximate surface area is 906 Å². The summed E-state index contributed by atoms with van der Waals surface area (Å²) in [5.41, 5.74) is 32.7. The topological polar surface area (TPSA) is 218 Å². The molecule has 0 fully saturated rings. The number of aryl methyl sites for hydroxylation is 12. The number of hydrogen-bond acceptors (Lipinski definition) is 20. The summed E-state index contributed by atoms with van der Waals surface area (Å²) in [5.74, 6) is 4.75. The molecule has 0 aliphatic rings. The van der Waals surface area contributed by atoms with Gasteiger partial charge in [0, 0.05) is 112 Å². The summed E-state index contributed by atoms with van der Waals surface area (Å²) in [6, 6.07) is 95.5. The van der Waals surface area contributed by atoms with E-state index in [-0.39, 0.29) is 101 Å². The van der Waals surface area contributed by atoms with Crippen LogP contribution in [-0.4, -0.2) is 98.7 Å². The van der Waals surface area contributed by atoms with Crippen LogP contribution in [0.2, 0.25) is 0 Å². The van der Waals surface area contributed by atoms with Crippen LogP contribution >= 0.6 is 56.7 Å². The zero-order valence-electron chi connectivity index (χ0n) is 79.6. The van der Waals surface area contributed by atoms with Gasteiger partial charge in [-0.15, -0.1) is 91.0 Å². The largest absolute Gasteiger partial charge is 0.264 e. The number of nitrogens with zero attached hydrogens (tertiary/aromatic N) is 20. The van der Waals surface area contributed by atoms with E-state index in [4.69, 9.17) is 10.1 Å². The molecule has 10 aromatic heterocycles. The standard InChI is InChI=1S/C28H19N4S.C24H19N4S.C22H23N4S.C19H17N4S.C18H15N4S.5Ir/c1-19-31-25-17-9-16-24(27(25)33-19)28-29-18-30-32(28)26-22(20-10-4-2-5-11-20)14-8-15-23(26)21-12-6-3-7-13-21;1-15-12-19(18-8-5-4-6-9-18)13-16(2)22(15)28-24(25-14-26-28)20-10-7-11-21-23(20)29-17(3)27-21;1-13(2)16-8-6-9-17(14(3)4)20(16)26-22(23-12-24-26)18-10-7-11-19-21(18)27-15(5)25-19;1-11-8-12(2)17(13(3)9-11)23-19(20-10-21-23)15-6-5-7-16-18(15)24-14(4)22-16;1-11-6-4-7-12(2)16(11)22-18(19-10-20-22)14-8-5-9-15-17(14)23-13(3)21-15;;;;;/h2-15,17-18H,1H3;4-9,11-14H,1-3H3;6-9,11-14H,1-5H3;5,7-10H,1-4H3;4-7,9-10H,1-3H3;;;;;/q5*-1;;;;;. The van der Waals surface area contributed by atoms with Crippen LogP contribution in [0.1, 0.15) is 115 Å². The minimum Gasteiger partial charge on any atom is -0.264 e. The van der Waals surface area contributed by atoms with Crippen molar-refractivity contribution in [2.24, 2.45) is 0 Å². The SMILES string of the molecule is Cc1cc(C)c(-n2ncnc2-c2[c-]ccc3nc(C)sc23)c(C)c1.Cc1nc2cc[c-]c(-c3ncnn3-c3c(-c4ccccc4)cccc3-c3ccccc3)c2s1.Cc1nc2cc[c-]c(-c3ncnn3-c3c(C(C)C)cccc3C(C)C)c2s1.Cc1nc2cc[c-]c(-c3ncnn3-c3c(C)cc(-c4ccccc4)cc3C)c2s1.Cc1nc2cc[c-]c(-c3ncnn3-c3c(C)cccc3C)c2s1.[Ir].[Ir].[Ir].[Ir].[Ir]. The Morgan fingerprint density at radius 2 is 0.489 bits per heavy atom. The van der Waals surface area contributed by atoms with Gasteiger partial charge in [-0.25, -0.2) is 0 Å². The molecule has 0 amide bonds. The average Bonchev–Trinajstić information content (AvgIpc) is 1.69. The van der Waals surface area contributed by atoms with E-state index >= 15 is 0 Å². The van der Waals surface area contributed by atoms with Crippen molar-refractivity contribution in [3.05, 3.63) is 368 Å². The monoisotopic (exact) mass is 2830 g/mol. The summed E-state index contributed by atoms with van der Waals surface area (Å²) in [5, 5.41) is 28.1. The Morgan fingerprint density at radius 1 is 0.241 bits per heavy atom. The fraction of sp³-hybridized carbons (Fsp3) is 0.162. The first kappa shape index (κ1) is 105. The second-order valence-electron chi connectivity index (χ2n) is 33.8. The van der Waals surface area contributed by atoms with Crippen molar-refractivity contribution in [2.75, 3.05) is 0 Å². The molecule has 0 aliphatic carbocycles. The van der Waals surface area contributed by atoms with Gasteiger partial charge in [0.25, 0.3) is 0 Å². The van der Waals surface area contributed by atoms with E-state index in [1.165, 1.54) is 50.1 Å². The number of thiazole rings is 5. The predicted molar refractivity (Wildman–Crippen MR) is 555 cm³/mol. The van der Waals surface area contributed by atoms with Crippen molar-refractivity contribution < 1.29 is 101 Å². The first-order valence-electron chi connectivity index (χ1n) is 44.7. The van der Waals surface area contributed by atoms with Gasteiger partial charge in [0.15, 0.2) is 0 Å². The molecule has 5 radical (unpaired) electrons. The maximum Gasteiger partial charge on any atom is 0.127 e. The zero-order valence-corrected chi connectivity index (χ0v) is 95.7. The fourth-order valence-electron chi connectivity index (χ4n) is 17.7. The average molecular weight is 2830 g/mol. The Balaban J connectivity index is 0.000000140. The molecule has 30 heteroatoms. The molecule has 23 aromatic rings. The van der Waals surface area contributed by atoms with Crippen molar-refractivity contribution in [3.63, 3.8) is 0 Å². The third-order valence-electron chi connectivity index (χ3n) is 23.4. The van der Waals surface area contributed by atoms with Gasteiger partial charge in [-0.3, -0.25) is 73.2 Å². The summed E-state index contributed by atoms with van der Waals surface area (Å²) < 4.78 is 15.2. The van der Waals surface area contributed by atoms with Crippen molar-refractivity contribution in [3.8, 4) is 119 Å². The normalized spacial score (nSPS) is 11.0. The van der Waals surface area contributed by atoms with Gasteiger partial charge in [-0.1, -0.05) is 219 Å². The Bertz CT molecular complexity index is 8180. The molecule has 141 heavy (non-hydrogen) atoms. The molecular formula is C111H93Ir5N20S5-5. The molecule has 0 saturated heterocycles. The number of benzene rings is 13. The fourth-order valence-corrected chi connectivity index (χ4v) is 22.2. The van der Waals surface area contributed by atoms with Crippen LogP contribution in [-0.2, 0) is 101 Å². The van der Waals surface area contributed by atoms with Crippen LogP contribution in [0.25, 0.3) is 170 Å². The quantitative estimate of drug-likeness (QED) is 0.0872. The molecule has 0 bridgehead atoms. The van der Waals surface area contributed by atoms with Crippen LogP contribution in [0.5, 0.6) is 0 Å². The second kappa shape index (κ2) is 46.1. The Hall–Kier alpha value is -11.7. The number of hydrogen-bond donors (Lipinski definition) is 0. The molecule has 0 unspecified atom stereocenters. The van der Waals surface area contributed by atoms with E-state index in [0.717, 1.165) is 195 Å². The van der Waals surface area contributed by atoms with Gasteiger partial charge in [0.05, 0.1) is 82.6 Å². The van der Waals surface area contributed by atoms with E-state index in [0.29, 0.717) is 11.8 Å². The van der Waals surface area contributed by atoms with Crippen molar-refractivity contribution in [1.29, 1.82) is 0 Å². The van der Waals surface area contributed by atoms with E-state index in [9.17, 15) is 0 Å². The van der Waals surface area contributed by atoms with E-state index in [1.54, 1.807) is 88.3 Å². The maximum atomic E-state index is 4.72. The molecular weight excluding hydrogens is 2730 g/mol.